The third-order valence-corrected chi connectivity index (χ3v) is 6.05. The predicted octanol–water partition coefficient (Wildman–Crippen LogP) is 4.55. The first-order valence-electron chi connectivity index (χ1n) is 11.2. The molecule has 0 bridgehead atoms. The SMILES string of the molecule is Cc1ccccc1-n1nc(C)c(CN(C)C(=O)CCc2ccc3c(c2)OCCCO3)c1C. The summed E-state index contributed by atoms with van der Waals surface area (Å²) < 4.78 is 13.4. The molecular formula is C26H31N3O3. The molecule has 1 aliphatic rings. The molecule has 6 nitrogen and oxygen atoms in total. The summed E-state index contributed by atoms with van der Waals surface area (Å²) in [5.74, 6) is 1.67. The van der Waals surface area contributed by atoms with Crippen LogP contribution in [0.3, 0.4) is 0 Å². The molecule has 168 valence electrons. The van der Waals surface area contributed by atoms with E-state index in [2.05, 4.69) is 26.0 Å². The van der Waals surface area contributed by atoms with Gasteiger partial charge in [-0.2, -0.15) is 5.10 Å². The topological polar surface area (TPSA) is 56.6 Å². The van der Waals surface area contributed by atoms with E-state index in [-0.39, 0.29) is 5.91 Å². The van der Waals surface area contributed by atoms with Gasteiger partial charge in [-0.15, -0.1) is 0 Å². The molecule has 0 aliphatic carbocycles. The molecule has 0 fully saturated rings. The quantitative estimate of drug-likeness (QED) is 0.572. The Labute approximate surface area is 189 Å². The monoisotopic (exact) mass is 433 g/mol. The average Bonchev–Trinajstić information content (AvgIpc) is 2.95. The molecule has 1 aromatic heterocycles. The fourth-order valence-corrected chi connectivity index (χ4v) is 4.07. The van der Waals surface area contributed by atoms with Crippen LogP contribution in [0.1, 0.15) is 40.9 Å². The van der Waals surface area contributed by atoms with E-state index in [4.69, 9.17) is 14.6 Å². The normalized spacial score (nSPS) is 13.0. The highest BCUT2D eigenvalue weighted by Crippen LogP contribution is 2.31. The molecule has 3 aromatic rings. The molecule has 0 saturated heterocycles. The molecule has 1 aliphatic heterocycles. The van der Waals surface area contributed by atoms with Crippen molar-refractivity contribution in [1.29, 1.82) is 0 Å². The van der Waals surface area contributed by atoms with Crippen molar-refractivity contribution in [2.45, 2.75) is 46.6 Å². The van der Waals surface area contributed by atoms with Gasteiger partial charge in [0.1, 0.15) is 0 Å². The number of ether oxygens (including phenoxy) is 2. The van der Waals surface area contributed by atoms with Crippen LogP contribution in [-0.4, -0.2) is 40.8 Å². The van der Waals surface area contributed by atoms with E-state index in [0.717, 1.165) is 46.1 Å². The van der Waals surface area contributed by atoms with Crippen LogP contribution in [0.15, 0.2) is 42.5 Å². The standard InChI is InChI=1S/C26H31N3O3/c1-18-8-5-6-9-23(18)29-20(3)22(19(2)27-29)17-28(4)26(30)13-11-21-10-12-24-25(16-21)32-15-7-14-31-24/h5-6,8-10,12,16H,7,11,13-15,17H2,1-4H3. The third-order valence-electron chi connectivity index (χ3n) is 6.05. The van der Waals surface area contributed by atoms with E-state index < -0.39 is 0 Å². The summed E-state index contributed by atoms with van der Waals surface area (Å²) in [6.07, 6.45) is 1.99. The first-order chi connectivity index (χ1) is 15.4. The van der Waals surface area contributed by atoms with Crippen molar-refractivity contribution in [3.63, 3.8) is 0 Å². The van der Waals surface area contributed by atoms with Crippen LogP contribution in [0, 0.1) is 20.8 Å². The van der Waals surface area contributed by atoms with E-state index in [9.17, 15) is 4.79 Å². The maximum absolute atomic E-state index is 12.9. The Morgan fingerprint density at radius 1 is 1.06 bits per heavy atom. The highest BCUT2D eigenvalue weighted by molar-refractivity contribution is 5.76. The molecule has 0 spiro atoms. The van der Waals surface area contributed by atoms with Crippen LogP contribution in [-0.2, 0) is 17.8 Å². The van der Waals surface area contributed by atoms with Gasteiger partial charge in [0, 0.05) is 37.7 Å². The van der Waals surface area contributed by atoms with E-state index >= 15 is 0 Å². The van der Waals surface area contributed by atoms with E-state index in [0.29, 0.717) is 32.6 Å². The van der Waals surface area contributed by atoms with Crippen molar-refractivity contribution in [2.75, 3.05) is 20.3 Å². The molecule has 0 N–H and O–H groups in total. The molecule has 6 heteroatoms. The van der Waals surface area contributed by atoms with Gasteiger partial charge in [0.05, 0.1) is 24.6 Å². The Bertz CT molecular complexity index is 1120. The number of carbonyl (C=O) groups excluding carboxylic acids is 1. The first-order valence-corrected chi connectivity index (χ1v) is 11.2. The maximum Gasteiger partial charge on any atom is 0.222 e. The number of fused-ring (bicyclic) bond motifs is 1. The van der Waals surface area contributed by atoms with Crippen molar-refractivity contribution in [1.82, 2.24) is 14.7 Å². The summed E-state index contributed by atoms with van der Waals surface area (Å²) in [6, 6.07) is 14.2. The van der Waals surface area contributed by atoms with Crippen molar-refractivity contribution < 1.29 is 14.3 Å². The summed E-state index contributed by atoms with van der Waals surface area (Å²) in [7, 11) is 1.86. The second-order valence-electron chi connectivity index (χ2n) is 8.43. The summed E-state index contributed by atoms with van der Waals surface area (Å²) in [4.78, 5) is 14.7. The Hall–Kier alpha value is -3.28. The summed E-state index contributed by atoms with van der Waals surface area (Å²) in [6.45, 7) is 8.04. The van der Waals surface area contributed by atoms with Gasteiger partial charge in [-0.25, -0.2) is 4.68 Å². The molecular weight excluding hydrogens is 402 g/mol. The zero-order valence-corrected chi connectivity index (χ0v) is 19.4. The van der Waals surface area contributed by atoms with Gasteiger partial charge in [-0.1, -0.05) is 24.3 Å². The van der Waals surface area contributed by atoms with Crippen molar-refractivity contribution in [3.05, 3.63) is 70.5 Å². The third kappa shape index (κ3) is 4.64. The lowest BCUT2D eigenvalue weighted by molar-refractivity contribution is -0.130. The predicted molar refractivity (Wildman–Crippen MR) is 125 cm³/mol. The Kier molecular flexibility index (Phi) is 6.49. The smallest absolute Gasteiger partial charge is 0.222 e. The largest absolute Gasteiger partial charge is 0.490 e. The molecule has 4 rings (SSSR count). The molecule has 0 unspecified atom stereocenters. The number of para-hydroxylation sites is 1. The first kappa shape index (κ1) is 21.9. The lowest BCUT2D eigenvalue weighted by atomic mass is 10.1. The van der Waals surface area contributed by atoms with Crippen LogP contribution in [0.2, 0.25) is 0 Å². The van der Waals surface area contributed by atoms with Gasteiger partial charge in [0.15, 0.2) is 11.5 Å². The number of amides is 1. The highest BCUT2D eigenvalue weighted by atomic mass is 16.5. The fraction of sp³-hybridized carbons (Fsp3) is 0.385. The Morgan fingerprint density at radius 2 is 1.81 bits per heavy atom. The Morgan fingerprint density at radius 3 is 2.59 bits per heavy atom. The maximum atomic E-state index is 12.9. The van der Waals surface area contributed by atoms with Gasteiger partial charge in [-0.05, 0) is 56.5 Å². The number of hydrogen-bond donors (Lipinski definition) is 0. The number of carbonyl (C=O) groups is 1. The lowest BCUT2D eigenvalue weighted by Crippen LogP contribution is -2.27. The van der Waals surface area contributed by atoms with E-state index in [1.165, 1.54) is 5.56 Å². The van der Waals surface area contributed by atoms with Crippen LogP contribution in [0.25, 0.3) is 5.69 Å². The van der Waals surface area contributed by atoms with Gasteiger partial charge < -0.3 is 14.4 Å². The molecule has 1 amide bonds. The highest BCUT2D eigenvalue weighted by Gasteiger charge is 2.18. The summed E-state index contributed by atoms with van der Waals surface area (Å²) in [5, 5.41) is 4.75. The minimum atomic E-state index is 0.111. The number of rotatable bonds is 6. The van der Waals surface area contributed by atoms with Crippen molar-refractivity contribution in [3.8, 4) is 17.2 Å². The zero-order valence-electron chi connectivity index (χ0n) is 19.4. The van der Waals surface area contributed by atoms with Crippen LogP contribution >= 0.6 is 0 Å². The van der Waals surface area contributed by atoms with Crippen molar-refractivity contribution in [2.24, 2.45) is 0 Å². The second kappa shape index (κ2) is 9.47. The lowest BCUT2D eigenvalue weighted by Gasteiger charge is -2.18. The second-order valence-corrected chi connectivity index (χ2v) is 8.43. The summed E-state index contributed by atoms with van der Waals surface area (Å²) >= 11 is 0. The van der Waals surface area contributed by atoms with Gasteiger partial charge in [-0.3, -0.25) is 4.79 Å². The molecule has 2 heterocycles. The molecule has 0 atom stereocenters. The van der Waals surface area contributed by atoms with Gasteiger partial charge in [0.2, 0.25) is 5.91 Å². The van der Waals surface area contributed by atoms with Crippen LogP contribution in [0.5, 0.6) is 11.5 Å². The van der Waals surface area contributed by atoms with Gasteiger partial charge >= 0.3 is 0 Å². The van der Waals surface area contributed by atoms with Crippen molar-refractivity contribution >= 4 is 5.91 Å². The average molecular weight is 434 g/mol. The Balaban J connectivity index is 1.41. The number of benzene rings is 2. The van der Waals surface area contributed by atoms with E-state index in [1.54, 1.807) is 4.90 Å². The van der Waals surface area contributed by atoms with Crippen LogP contribution < -0.4 is 9.47 Å². The molecule has 0 saturated carbocycles. The number of nitrogens with zero attached hydrogens (tertiary/aromatic N) is 3. The minimum Gasteiger partial charge on any atom is -0.490 e. The number of hydrogen-bond acceptors (Lipinski definition) is 4. The summed E-state index contributed by atoms with van der Waals surface area (Å²) in [5.41, 5.74) is 6.44. The fourth-order valence-electron chi connectivity index (χ4n) is 4.07. The molecule has 0 radical (unpaired) electrons. The number of aromatic nitrogens is 2. The zero-order chi connectivity index (χ0) is 22.7. The molecule has 32 heavy (non-hydrogen) atoms. The van der Waals surface area contributed by atoms with E-state index in [1.807, 2.05) is 49.0 Å². The van der Waals surface area contributed by atoms with Gasteiger partial charge in [0.25, 0.3) is 0 Å². The molecule has 2 aromatic carbocycles. The number of aryl methyl sites for hydroxylation is 3. The van der Waals surface area contributed by atoms with Crippen LogP contribution in [0.4, 0.5) is 0 Å². The minimum absolute atomic E-state index is 0.111.